The maximum atomic E-state index is 13.2. The van der Waals surface area contributed by atoms with Gasteiger partial charge in [-0.25, -0.2) is 14.6 Å². The van der Waals surface area contributed by atoms with E-state index in [0.29, 0.717) is 20.1 Å². The van der Waals surface area contributed by atoms with Gasteiger partial charge in [-0.2, -0.15) is 5.10 Å². The van der Waals surface area contributed by atoms with E-state index in [4.69, 9.17) is 4.74 Å². The van der Waals surface area contributed by atoms with Gasteiger partial charge in [0.05, 0.1) is 22.8 Å². The molecule has 2 N–H and O–H groups in total. The highest BCUT2D eigenvalue weighted by molar-refractivity contribution is 9.11. The molecule has 7 nitrogen and oxygen atoms in total. The lowest BCUT2D eigenvalue weighted by Crippen LogP contribution is -2.34. The zero-order chi connectivity index (χ0) is 24.7. The third-order valence-electron chi connectivity index (χ3n) is 4.37. The zero-order valence-corrected chi connectivity index (χ0v) is 20.9. The number of rotatable bonds is 7. The highest BCUT2D eigenvalue weighted by Crippen LogP contribution is 2.32. The molecule has 0 saturated carbocycles. The molecule has 0 fully saturated rings. The van der Waals surface area contributed by atoms with Crippen LogP contribution in [-0.4, -0.2) is 30.5 Å². The number of ether oxygens (including phenoxy) is 1. The normalized spacial score (nSPS) is 10.7. The fraction of sp³-hybridized carbons (Fsp3) is 0.0833. The van der Waals surface area contributed by atoms with E-state index in [1.165, 1.54) is 24.4 Å². The first-order valence-electron chi connectivity index (χ1n) is 9.86. The molecule has 34 heavy (non-hydrogen) atoms. The predicted octanol–water partition coefficient (Wildman–Crippen LogP) is 4.76. The molecule has 0 aliphatic heterocycles. The first kappa shape index (κ1) is 25.3. The highest BCUT2D eigenvalue weighted by Gasteiger charge is 2.16. The Morgan fingerprint density at radius 1 is 1.03 bits per heavy atom. The summed E-state index contributed by atoms with van der Waals surface area (Å²) in [6.45, 7) is 1.50. The van der Waals surface area contributed by atoms with Crippen molar-refractivity contribution in [1.29, 1.82) is 0 Å². The summed E-state index contributed by atoms with van der Waals surface area (Å²) in [4.78, 5) is 36.6. The van der Waals surface area contributed by atoms with Crippen LogP contribution in [0.25, 0.3) is 0 Å². The molecule has 0 aromatic heterocycles. The number of nitrogens with zero attached hydrogens (tertiary/aromatic N) is 1. The smallest absolute Gasteiger partial charge is 0.343 e. The minimum Gasteiger partial charge on any atom is -0.421 e. The van der Waals surface area contributed by atoms with E-state index in [9.17, 15) is 18.8 Å². The summed E-state index contributed by atoms with van der Waals surface area (Å²) in [6.07, 6.45) is 1.31. The fourth-order valence-electron chi connectivity index (χ4n) is 2.81. The third kappa shape index (κ3) is 7.06. The van der Waals surface area contributed by atoms with Gasteiger partial charge in [-0.05, 0) is 65.3 Å². The number of carbonyl (C=O) groups is 3. The van der Waals surface area contributed by atoms with E-state index in [1.54, 1.807) is 30.3 Å². The van der Waals surface area contributed by atoms with Crippen LogP contribution in [-0.2, 0) is 4.79 Å². The van der Waals surface area contributed by atoms with Crippen molar-refractivity contribution in [3.8, 4) is 5.75 Å². The molecule has 0 aliphatic carbocycles. The maximum Gasteiger partial charge on any atom is 0.343 e. The highest BCUT2D eigenvalue weighted by atomic mass is 79.9. The number of aryl methyl sites for hydroxylation is 1. The lowest BCUT2D eigenvalue weighted by molar-refractivity contribution is -0.120. The van der Waals surface area contributed by atoms with Crippen molar-refractivity contribution >= 4 is 55.9 Å². The Bertz CT molecular complexity index is 1280. The Hall–Kier alpha value is -3.37. The number of hydrogen-bond donors (Lipinski definition) is 2. The van der Waals surface area contributed by atoms with Gasteiger partial charge < -0.3 is 10.1 Å². The molecule has 10 heteroatoms. The van der Waals surface area contributed by atoms with Gasteiger partial charge in [-0.1, -0.05) is 39.7 Å². The largest absolute Gasteiger partial charge is 0.421 e. The molecule has 2 amide bonds. The molecule has 3 aromatic carbocycles. The summed E-state index contributed by atoms with van der Waals surface area (Å²) in [5.74, 6) is -2.09. The number of nitrogens with one attached hydrogen (secondary N) is 2. The van der Waals surface area contributed by atoms with Crippen molar-refractivity contribution in [2.24, 2.45) is 5.10 Å². The molecule has 3 aromatic rings. The summed E-state index contributed by atoms with van der Waals surface area (Å²) in [5.41, 5.74) is 4.08. The number of hydrogen-bond acceptors (Lipinski definition) is 5. The number of benzene rings is 3. The average molecular weight is 591 g/mol. The quantitative estimate of drug-likeness (QED) is 0.179. The SMILES string of the molecule is Cc1cccc(C(=O)Oc2c(Br)cc(Br)cc2/C=N\NC(=O)CNC(=O)c2cccc(F)c2)c1. The molecule has 0 saturated heterocycles. The van der Waals surface area contributed by atoms with Gasteiger partial charge in [0.25, 0.3) is 11.8 Å². The molecule has 3 rings (SSSR count). The van der Waals surface area contributed by atoms with Gasteiger partial charge in [0.1, 0.15) is 5.82 Å². The topological polar surface area (TPSA) is 96.9 Å². The van der Waals surface area contributed by atoms with E-state index >= 15 is 0 Å². The summed E-state index contributed by atoms with van der Waals surface area (Å²) in [7, 11) is 0. The summed E-state index contributed by atoms with van der Waals surface area (Å²) < 4.78 is 20.0. The number of esters is 1. The van der Waals surface area contributed by atoms with Crippen molar-refractivity contribution in [2.75, 3.05) is 6.54 Å². The number of hydrazone groups is 1. The van der Waals surface area contributed by atoms with Gasteiger partial charge >= 0.3 is 5.97 Å². The van der Waals surface area contributed by atoms with Crippen LogP contribution in [0.4, 0.5) is 4.39 Å². The van der Waals surface area contributed by atoms with Crippen LogP contribution in [0.2, 0.25) is 0 Å². The molecule has 0 radical (unpaired) electrons. The van der Waals surface area contributed by atoms with E-state index in [-0.39, 0.29) is 17.9 Å². The van der Waals surface area contributed by atoms with Crippen molar-refractivity contribution in [1.82, 2.24) is 10.7 Å². The molecule has 0 bridgehead atoms. The standard InChI is InChI=1S/C24H18Br2FN3O4/c1-14-4-2-6-16(8-14)24(33)34-22-17(9-18(25)11-20(22)26)12-29-30-21(31)13-28-23(32)15-5-3-7-19(27)10-15/h2-12H,13H2,1H3,(H,28,32)(H,30,31)/b29-12-. The van der Waals surface area contributed by atoms with Gasteiger partial charge in [-0.3, -0.25) is 9.59 Å². The molecule has 174 valence electrons. The zero-order valence-electron chi connectivity index (χ0n) is 17.8. The third-order valence-corrected chi connectivity index (χ3v) is 5.42. The van der Waals surface area contributed by atoms with Gasteiger partial charge in [0, 0.05) is 15.6 Å². The maximum absolute atomic E-state index is 13.2. The molecular formula is C24H18Br2FN3O4. The monoisotopic (exact) mass is 589 g/mol. The van der Waals surface area contributed by atoms with Crippen LogP contribution in [0.1, 0.15) is 31.8 Å². The Morgan fingerprint density at radius 3 is 2.50 bits per heavy atom. The molecular weight excluding hydrogens is 573 g/mol. The van der Waals surface area contributed by atoms with Crippen LogP contribution in [0.3, 0.4) is 0 Å². The second-order valence-corrected chi connectivity index (χ2v) is 8.82. The minimum atomic E-state index is -0.603. The van der Waals surface area contributed by atoms with Gasteiger partial charge in [-0.15, -0.1) is 0 Å². The molecule has 0 atom stereocenters. The average Bonchev–Trinajstić information content (AvgIpc) is 2.79. The fourth-order valence-corrected chi connectivity index (χ4v) is 4.15. The Balaban J connectivity index is 1.65. The lowest BCUT2D eigenvalue weighted by atomic mass is 10.1. The summed E-state index contributed by atoms with van der Waals surface area (Å²) in [5, 5.41) is 6.25. The summed E-state index contributed by atoms with van der Waals surface area (Å²) in [6, 6.07) is 15.5. The van der Waals surface area contributed by atoms with Crippen LogP contribution in [0.5, 0.6) is 5.75 Å². The minimum absolute atomic E-state index is 0.0929. The van der Waals surface area contributed by atoms with Crippen LogP contribution in [0.15, 0.2) is 74.7 Å². The number of amides is 2. The number of carbonyl (C=O) groups excluding carboxylic acids is 3. The Morgan fingerprint density at radius 2 is 1.76 bits per heavy atom. The molecule has 0 unspecified atom stereocenters. The second-order valence-electron chi connectivity index (χ2n) is 7.05. The molecule has 0 spiro atoms. The number of halogens is 3. The van der Waals surface area contributed by atoms with Crippen molar-refractivity contribution in [3.63, 3.8) is 0 Å². The van der Waals surface area contributed by atoms with E-state index in [2.05, 4.69) is 47.7 Å². The lowest BCUT2D eigenvalue weighted by Gasteiger charge is -2.11. The van der Waals surface area contributed by atoms with Crippen LogP contribution >= 0.6 is 31.9 Å². The van der Waals surface area contributed by atoms with E-state index in [1.807, 2.05) is 13.0 Å². The van der Waals surface area contributed by atoms with E-state index in [0.717, 1.165) is 11.6 Å². The van der Waals surface area contributed by atoms with Crippen LogP contribution in [0, 0.1) is 12.7 Å². The van der Waals surface area contributed by atoms with E-state index < -0.39 is 23.6 Å². The van der Waals surface area contributed by atoms with Crippen molar-refractivity contribution in [3.05, 3.63) is 97.7 Å². The second kappa shape index (κ2) is 11.7. The first-order valence-corrected chi connectivity index (χ1v) is 11.4. The van der Waals surface area contributed by atoms with Crippen molar-refractivity contribution < 1.29 is 23.5 Å². The first-order chi connectivity index (χ1) is 16.2. The van der Waals surface area contributed by atoms with Crippen molar-refractivity contribution in [2.45, 2.75) is 6.92 Å². The Kier molecular flexibility index (Phi) is 8.67. The predicted molar refractivity (Wildman–Crippen MR) is 132 cm³/mol. The molecule has 0 aliphatic rings. The summed E-state index contributed by atoms with van der Waals surface area (Å²) >= 11 is 6.73. The van der Waals surface area contributed by atoms with Gasteiger partial charge in [0.15, 0.2) is 5.75 Å². The van der Waals surface area contributed by atoms with Gasteiger partial charge in [0.2, 0.25) is 0 Å². The Labute approximate surface area is 211 Å². The molecule has 0 heterocycles. The van der Waals surface area contributed by atoms with Crippen LogP contribution < -0.4 is 15.5 Å².